The van der Waals surface area contributed by atoms with Gasteiger partial charge in [0, 0.05) is 22.4 Å². The van der Waals surface area contributed by atoms with Crippen LogP contribution in [-0.4, -0.2) is 33.5 Å². The molecule has 0 aliphatic carbocycles. The van der Waals surface area contributed by atoms with Gasteiger partial charge in [0.05, 0.1) is 18.6 Å². The van der Waals surface area contributed by atoms with Crippen LogP contribution in [0.15, 0.2) is 34.8 Å². The van der Waals surface area contributed by atoms with E-state index >= 15 is 0 Å². The minimum atomic E-state index is -0.104. The van der Waals surface area contributed by atoms with Crippen LogP contribution in [0.4, 0.5) is 5.69 Å². The molecule has 154 valence electrons. The monoisotopic (exact) mass is 430 g/mol. The minimum Gasteiger partial charge on any atom is -0.495 e. The summed E-state index contributed by atoms with van der Waals surface area (Å²) in [6.45, 7) is 7.26. The summed E-state index contributed by atoms with van der Waals surface area (Å²) in [5.41, 5.74) is 3.14. The summed E-state index contributed by atoms with van der Waals surface area (Å²) in [4.78, 5) is 13.8. The van der Waals surface area contributed by atoms with Gasteiger partial charge in [0.1, 0.15) is 5.75 Å². The van der Waals surface area contributed by atoms with Crippen LogP contribution in [-0.2, 0) is 17.8 Å². The number of amides is 1. The Morgan fingerprint density at radius 1 is 1.28 bits per heavy atom. The van der Waals surface area contributed by atoms with Crippen molar-refractivity contribution in [1.29, 1.82) is 0 Å². The van der Waals surface area contributed by atoms with Gasteiger partial charge in [0.25, 0.3) is 0 Å². The van der Waals surface area contributed by atoms with Crippen LogP contribution in [0.5, 0.6) is 5.75 Å². The van der Waals surface area contributed by atoms with E-state index in [0.717, 1.165) is 35.9 Å². The maximum atomic E-state index is 12.5. The molecule has 0 radical (unpaired) electrons. The molecule has 1 aromatic carbocycles. The molecule has 0 spiro atoms. The largest absolute Gasteiger partial charge is 0.495 e. The molecule has 0 unspecified atom stereocenters. The van der Waals surface area contributed by atoms with Crippen LogP contribution in [0.1, 0.15) is 30.7 Å². The zero-order chi connectivity index (χ0) is 20.8. The first-order valence-corrected chi connectivity index (χ1v) is 11.5. The number of ether oxygens (including phenoxy) is 1. The van der Waals surface area contributed by atoms with Gasteiger partial charge in [0.2, 0.25) is 5.91 Å². The lowest BCUT2D eigenvalue weighted by molar-refractivity contribution is -0.113. The summed E-state index contributed by atoms with van der Waals surface area (Å²) in [5.74, 6) is 1.68. The molecule has 2 heterocycles. The van der Waals surface area contributed by atoms with E-state index in [4.69, 9.17) is 4.74 Å². The molecule has 1 N–H and O–H groups in total. The molecule has 6 nitrogen and oxygen atoms in total. The van der Waals surface area contributed by atoms with Crippen molar-refractivity contribution in [3.8, 4) is 17.1 Å². The van der Waals surface area contributed by atoms with Gasteiger partial charge in [-0.25, -0.2) is 0 Å². The first-order valence-electron chi connectivity index (χ1n) is 9.65. The number of thioether (sulfide) groups is 1. The SMILES string of the molecule is CCCn1c(SCC(=O)Nc2ccccc2OC)nnc1-c1csc(C)c1CC. The first-order chi connectivity index (χ1) is 14.1. The standard InChI is InChI=1S/C21H26N4O2S2/c1-5-11-25-20(16-12-28-14(3)15(16)6-2)23-24-21(25)29-13-19(26)22-17-9-7-8-10-18(17)27-4/h7-10,12H,5-6,11,13H2,1-4H3,(H,22,26). The average Bonchev–Trinajstić information content (AvgIpc) is 3.29. The molecule has 0 saturated carbocycles. The summed E-state index contributed by atoms with van der Waals surface area (Å²) >= 11 is 3.15. The van der Waals surface area contributed by atoms with Crippen LogP contribution < -0.4 is 10.1 Å². The number of nitrogens with one attached hydrogen (secondary N) is 1. The van der Waals surface area contributed by atoms with Crippen molar-refractivity contribution in [3.63, 3.8) is 0 Å². The van der Waals surface area contributed by atoms with Crippen LogP contribution in [0, 0.1) is 6.92 Å². The van der Waals surface area contributed by atoms with Crippen LogP contribution in [0.25, 0.3) is 11.4 Å². The fourth-order valence-corrected chi connectivity index (χ4v) is 4.89. The number of aryl methyl sites for hydroxylation is 1. The lowest BCUT2D eigenvalue weighted by Gasteiger charge is -2.11. The Morgan fingerprint density at radius 2 is 2.07 bits per heavy atom. The number of anilines is 1. The zero-order valence-electron chi connectivity index (χ0n) is 17.2. The molecule has 0 bridgehead atoms. The van der Waals surface area contributed by atoms with Crippen molar-refractivity contribution < 1.29 is 9.53 Å². The highest BCUT2D eigenvalue weighted by atomic mass is 32.2. The molecule has 8 heteroatoms. The maximum absolute atomic E-state index is 12.5. The van der Waals surface area contributed by atoms with Gasteiger partial charge in [-0.15, -0.1) is 21.5 Å². The van der Waals surface area contributed by atoms with Gasteiger partial charge >= 0.3 is 0 Å². The van der Waals surface area contributed by atoms with Crippen LogP contribution in [0.3, 0.4) is 0 Å². The second-order valence-electron chi connectivity index (χ2n) is 6.53. The quantitative estimate of drug-likeness (QED) is 0.482. The fraction of sp³-hybridized carbons (Fsp3) is 0.381. The number of para-hydroxylation sites is 2. The number of hydrogen-bond donors (Lipinski definition) is 1. The zero-order valence-corrected chi connectivity index (χ0v) is 18.8. The molecule has 1 amide bonds. The van der Waals surface area contributed by atoms with Crippen LogP contribution in [0.2, 0.25) is 0 Å². The van der Waals surface area contributed by atoms with E-state index in [-0.39, 0.29) is 11.7 Å². The molecule has 3 aromatic rings. The van der Waals surface area contributed by atoms with Crippen molar-refractivity contribution in [2.45, 2.75) is 45.3 Å². The third-order valence-corrected chi connectivity index (χ3v) is 6.50. The van der Waals surface area contributed by atoms with Gasteiger partial charge in [-0.1, -0.05) is 37.7 Å². The Kier molecular flexibility index (Phi) is 7.33. The van der Waals surface area contributed by atoms with E-state index in [9.17, 15) is 4.79 Å². The Hall–Kier alpha value is -2.32. The maximum Gasteiger partial charge on any atom is 0.234 e. The van der Waals surface area contributed by atoms with Crippen molar-refractivity contribution >= 4 is 34.7 Å². The summed E-state index contributed by atoms with van der Waals surface area (Å²) in [7, 11) is 1.59. The van der Waals surface area contributed by atoms with E-state index < -0.39 is 0 Å². The summed E-state index contributed by atoms with van der Waals surface area (Å²) in [6, 6.07) is 7.38. The topological polar surface area (TPSA) is 69.0 Å². The third kappa shape index (κ3) is 4.82. The molecule has 29 heavy (non-hydrogen) atoms. The number of aromatic nitrogens is 3. The number of carbonyl (C=O) groups is 1. The van der Waals surface area contributed by atoms with Gasteiger partial charge in [-0.2, -0.15) is 0 Å². The predicted molar refractivity (Wildman–Crippen MR) is 120 cm³/mol. The molecule has 0 fully saturated rings. The van der Waals surface area contributed by atoms with Gasteiger partial charge in [-0.3, -0.25) is 4.79 Å². The van der Waals surface area contributed by atoms with E-state index in [1.807, 2.05) is 24.3 Å². The van der Waals surface area contributed by atoms with Crippen LogP contribution >= 0.6 is 23.1 Å². The average molecular weight is 431 g/mol. The van der Waals surface area contributed by atoms with Gasteiger partial charge in [-0.05, 0) is 37.5 Å². The number of thiophene rings is 1. The van der Waals surface area contributed by atoms with Crippen molar-refractivity contribution in [3.05, 3.63) is 40.1 Å². The summed E-state index contributed by atoms with van der Waals surface area (Å²) < 4.78 is 7.42. The smallest absolute Gasteiger partial charge is 0.234 e. The Labute approximate surface area is 179 Å². The lowest BCUT2D eigenvalue weighted by atomic mass is 10.1. The number of rotatable bonds is 9. The molecule has 0 aliphatic heterocycles. The molecule has 2 aromatic heterocycles. The number of hydrogen-bond acceptors (Lipinski definition) is 6. The third-order valence-electron chi connectivity index (χ3n) is 4.58. The van der Waals surface area contributed by atoms with Crippen molar-refractivity contribution in [1.82, 2.24) is 14.8 Å². The van der Waals surface area contributed by atoms with E-state index in [2.05, 4.69) is 46.2 Å². The van der Waals surface area contributed by atoms with E-state index in [1.54, 1.807) is 18.4 Å². The fourth-order valence-electron chi connectivity index (χ4n) is 3.19. The first kappa shape index (κ1) is 21.4. The molecule has 3 rings (SSSR count). The Balaban J connectivity index is 1.76. The molecule has 0 saturated heterocycles. The molecule has 0 atom stereocenters. The highest BCUT2D eigenvalue weighted by Gasteiger charge is 2.19. The number of benzene rings is 1. The highest BCUT2D eigenvalue weighted by Crippen LogP contribution is 2.33. The summed E-state index contributed by atoms with van der Waals surface area (Å²) in [6.07, 6.45) is 1.93. The normalized spacial score (nSPS) is 10.9. The lowest BCUT2D eigenvalue weighted by Crippen LogP contribution is -2.15. The number of methoxy groups -OCH3 is 1. The highest BCUT2D eigenvalue weighted by molar-refractivity contribution is 7.99. The van der Waals surface area contributed by atoms with Gasteiger partial charge in [0.15, 0.2) is 11.0 Å². The Morgan fingerprint density at radius 3 is 2.79 bits per heavy atom. The molecular weight excluding hydrogens is 404 g/mol. The molecular formula is C21H26N4O2S2. The second-order valence-corrected chi connectivity index (χ2v) is 8.56. The van der Waals surface area contributed by atoms with Gasteiger partial charge < -0.3 is 14.6 Å². The predicted octanol–water partition coefficient (Wildman–Crippen LogP) is 5.03. The van der Waals surface area contributed by atoms with E-state index in [0.29, 0.717) is 11.4 Å². The Bertz CT molecular complexity index is 981. The second kappa shape index (κ2) is 9.93. The number of carbonyl (C=O) groups excluding carboxylic acids is 1. The molecule has 0 aliphatic rings. The minimum absolute atomic E-state index is 0.104. The van der Waals surface area contributed by atoms with E-state index in [1.165, 1.54) is 22.2 Å². The van der Waals surface area contributed by atoms with Crippen molar-refractivity contribution in [2.75, 3.05) is 18.2 Å². The number of nitrogens with zero attached hydrogens (tertiary/aromatic N) is 3. The summed E-state index contributed by atoms with van der Waals surface area (Å²) in [5, 5.41) is 14.7. The van der Waals surface area contributed by atoms with Crippen molar-refractivity contribution in [2.24, 2.45) is 0 Å².